The van der Waals surface area contributed by atoms with E-state index in [0.29, 0.717) is 23.6 Å². The lowest BCUT2D eigenvalue weighted by Gasteiger charge is -2.32. The SMILES string of the molecule is CC(C)c1ccc(-c2nnc(-c3ccc4c(c3)C(C)(C(C)C)CC4(C)C)o2)cc1. The molecule has 29 heavy (non-hydrogen) atoms. The lowest BCUT2D eigenvalue weighted by molar-refractivity contribution is 0.290. The fourth-order valence-corrected chi connectivity index (χ4v) is 4.83. The predicted octanol–water partition coefficient (Wildman–Crippen LogP) is 7.12. The zero-order valence-electron chi connectivity index (χ0n) is 18.7. The third-order valence-electron chi connectivity index (χ3n) is 6.94. The molecule has 152 valence electrons. The van der Waals surface area contributed by atoms with Crippen molar-refractivity contribution in [2.75, 3.05) is 0 Å². The minimum absolute atomic E-state index is 0.157. The van der Waals surface area contributed by atoms with Gasteiger partial charge in [0.05, 0.1) is 0 Å². The maximum Gasteiger partial charge on any atom is 0.248 e. The Bertz CT molecular complexity index is 1030. The number of benzene rings is 2. The van der Waals surface area contributed by atoms with Crippen molar-refractivity contribution >= 4 is 0 Å². The van der Waals surface area contributed by atoms with Gasteiger partial charge in [-0.1, -0.05) is 66.7 Å². The van der Waals surface area contributed by atoms with Gasteiger partial charge in [-0.3, -0.25) is 0 Å². The van der Waals surface area contributed by atoms with Crippen LogP contribution in [0.5, 0.6) is 0 Å². The summed E-state index contributed by atoms with van der Waals surface area (Å²) in [6.07, 6.45) is 1.16. The van der Waals surface area contributed by atoms with Crippen LogP contribution in [0.1, 0.15) is 77.5 Å². The standard InChI is InChI=1S/C26H32N2O/c1-16(2)18-8-10-19(11-9-18)23-27-28-24(29-23)20-12-13-21-22(14-20)26(7,17(3)4)15-25(21,5)6/h8-14,16-17H,15H2,1-7H3. The largest absolute Gasteiger partial charge is 0.416 e. The summed E-state index contributed by atoms with van der Waals surface area (Å²) in [7, 11) is 0. The number of hydrogen-bond donors (Lipinski definition) is 0. The van der Waals surface area contributed by atoms with E-state index in [-0.39, 0.29) is 10.8 Å². The molecule has 3 heteroatoms. The van der Waals surface area contributed by atoms with Gasteiger partial charge in [-0.2, -0.15) is 0 Å². The van der Waals surface area contributed by atoms with Crippen molar-refractivity contribution in [3.05, 3.63) is 59.2 Å². The van der Waals surface area contributed by atoms with Gasteiger partial charge in [0.2, 0.25) is 11.8 Å². The summed E-state index contributed by atoms with van der Waals surface area (Å²) in [6.45, 7) is 16.1. The van der Waals surface area contributed by atoms with Gasteiger partial charge in [-0.15, -0.1) is 10.2 Å². The number of hydrogen-bond acceptors (Lipinski definition) is 3. The number of nitrogens with zero attached hydrogens (tertiary/aromatic N) is 2. The molecule has 0 fully saturated rings. The molecule has 1 unspecified atom stereocenters. The van der Waals surface area contributed by atoms with Crippen LogP contribution in [0.25, 0.3) is 22.9 Å². The predicted molar refractivity (Wildman–Crippen MR) is 119 cm³/mol. The Kier molecular flexibility index (Phi) is 4.68. The quantitative estimate of drug-likeness (QED) is 0.477. The van der Waals surface area contributed by atoms with E-state index >= 15 is 0 Å². The summed E-state index contributed by atoms with van der Waals surface area (Å²) in [5.41, 5.74) is 6.49. The number of fused-ring (bicyclic) bond motifs is 1. The van der Waals surface area contributed by atoms with Crippen LogP contribution in [0.4, 0.5) is 0 Å². The summed E-state index contributed by atoms with van der Waals surface area (Å²) >= 11 is 0. The average molecular weight is 389 g/mol. The number of aromatic nitrogens is 2. The normalized spacial score (nSPS) is 20.4. The highest BCUT2D eigenvalue weighted by molar-refractivity contribution is 5.62. The summed E-state index contributed by atoms with van der Waals surface area (Å²) < 4.78 is 6.07. The monoisotopic (exact) mass is 388 g/mol. The van der Waals surface area contributed by atoms with Crippen LogP contribution in [0.3, 0.4) is 0 Å². The molecule has 4 rings (SSSR count). The van der Waals surface area contributed by atoms with Gasteiger partial charge in [0.15, 0.2) is 0 Å². The topological polar surface area (TPSA) is 38.9 Å². The average Bonchev–Trinajstić information content (AvgIpc) is 3.24. The zero-order chi connectivity index (χ0) is 21.0. The maximum absolute atomic E-state index is 6.07. The third kappa shape index (κ3) is 3.31. The Balaban J connectivity index is 1.71. The van der Waals surface area contributed by atoms with Gasteiger partial charge in [0, 0.05) is 11.1 Å². The minimum Gasteiger partial charge on any atom is -0.416 e. The van der Waals surface area contributed by atoms with E-state index in [1.165, 1.54) is 16.7 Å². The van der Waals surface area contributed by atoms with Crippen LogP contribution < -0.4 is 0 Å². The van der Waals surface area contributed by atoms with Gasteiger partial charge in [-0.25, -0.2) is 0 Å². The second kappa shape index (κ2) is 6.83. The molecule has 1 aliphatic rings. The van der Waals surface area contributed by atoms with E-state index < -0.39 is 0 Å². The molecule has 1 aromatic heterocycles. The maximum atomic E-state index is 6.07. The van der Waals surface area contributed by atoms with E-state index in [1.807, 2.05) is 0 Å². The Labute approximate surface area is 174 Å². The number of rotatable bonds is 4. The second-order valence-corrected chi connectivity index (χ2v) is 10.1. The Morgan fingerprint density at radius 3 is 1.97 bits per heavy atom. The molecule has 0 saturated heterocycles. The van der Waals surface area contributed by atoms with Crippen molar-refractivity contribution in [1.29, 1.82) is 0 Å². The van der Waals surface area contributed by atoms with E-state index in [2.05, 4.69) is 101 Å². The molecular weight excluding hydrogens is 356 g/mol. The fourth-order valence-electron chi connectivity index (χ4n) is 4.83. The Morgan fingerprint density at radius 2 is 1.38 bits per heavy atom. The first-order chi connectivity index (χ1) is 13.6. The molecule has 0 bridgehead atoms. The summed E-state index contributed by atoms with van der Waals surface area (Å²) in [5, 5.41) is 8.67. The summed E-state index contributed by atoms with van der Waals surface area (Å²) in [6, 6.07) is 15.1. The molecule has 0 amide bonds. The van der Waals surface area contributed by atoms with Crippen LogP contribution in [0, 0.1) is 5.92 Å². The fraction of sp³-hybridized carbons (Fsp3) is 0.462. The highest BCUT2D eigenvalue weighted by Gasteiger charge is 2.46. The van der Waals surface area contributed by atoms with E-state index in [4.69, 9.17) is 4.42 Å². The van der Waals surface area contributed by atoms with Gasteiger partial charge >= 0.3 is 0 Å². The van der Waals surface area contributed by atoms with Crippen LogP contribution in [0.2, 0.25) is 0 Å². The Hall–Kier alpha value is -2.42. The molecule has 0 N–H and O–H groups in total. The Morgan fingerprint density at radius 1 is 0.793 bits per heavy atom. The van der Waals surface area contributed by atoms with Gasteiger partial charge in [-0.05, 0) is 70.0 Å². The lowest BCUT2D eigenvalue weighted by atomic mass is 9.72. The van der Waals surface area contributed by atoms with Crippen LogP contribution >= 0.6 is 0 Å². The van der Waals surface area contributed by atoms with Crippen molar-refractivity contribution in [3.8, 4) is 22.9 Å². The molecule has 2 aromatic carbocycles. The molecular formula is C26H32N2O. The smallest absolute Gasteiger partial charge is 0.248 e. The van der Waals surface area contributed by atoms with Crippen molar-refractivity contribution in [2.24, 2.45) is 5.92 Å². The molecule has 1 aliphatic carbocycles. The van der Waals surface area contributed by atoms with Crippen LogP contribution in [0.15, 0.2) is 46.9 Å². The van der Waals surface area contributed by atoms with Crippen molar-refractivity contribution in [1.82, 2.24) is 10.2 Å². The van der Waals surface area contributed by atoms with Crippen LogP contribution in [-0.2, 0) is 10.8 Å². The lowest BCUT2D eigenvalue weighted by Crippen LogP contribution is -2.27. The summed E-state index contributed by atoms with van der Waals surface area (Å²) in [5.74, 6) is 2.23. The molecule has 3 aromatic rings. The van der Waals surface area contributed by atoms with E-state index in [9.17, 15) is 0 Å². The first kappa shape index (κ1) is 19.9. The molecule has 0 aliphatic heterocycles. The second-order valence-electron chi connectivity index (χ2n) is 10.1. The molecule has 0 saturated carbocycles. The van der Waals surface area contributed by atoms with Gasteiger partial charge < -0.3 is 4.42 Å². The highest BCUT2D eigenvalue weighted by atomic mass is 16.4. The van der Waals surface area contributed by atoms with E-state index in [0.717, 1.165) is 17.5 Å². The molecule has 1 atom stereocenters. The van der Waals surface area contributed by atoms with Crippen molar-refractivity contribution in [3.63, 3.8) is 0 Å². The van der Waals surface area contributed by atoms with Gasteiger partial charge in [0.1, 0.15) is 0 Å². The van der Waals surface area contributed by atoms with Crippen molar-refractivity contribution < 1.29 is 4.42 Å². The van der Waals surface area contributed by atoms with Crippen LogP contribution in [-0.4, -0.2) is 10.2 Å². The first-order valence-electron chi connectivity index (χ1n) is 10.7. The summed E-state index contributed by atoms with van der Waals surface area (Å²) in [4.78, 5) is 0. The van der Waals surface area contributed by atoms with Crippen molar-refractivity contribution in [2.45, 2.75) is 71.6 Å². The van der Waals surface area contributed by atoms with E-state index in [1.54, 1.807) is 0 Å². The molecule has 3 nitrogen and oxygen atoms in total. The molecule has 0 radical (unpaired) electrons. The minimum atomic E-state index is 0.157. The zero-order valence-corrected chi connectivity index (χ0v) is 18.7. The first-order valence-corrected chi connectivity index (χ1v) is 10.7. The third-order valence-corrected chi connectivity index (χ3v) is 6.94. The molecule has 0 spiro atoms. The highest BCUT2D eigenvalue weighted by Crippen LogP contribution is 2.53. The van der Waals surface area contributed by atoms with Gasteiger partial charge in [0.25, 0.3) is 0 Å². The molecule has 1 heterocycles.